The van der Waals surface area contributed by atoms with Gasteiger partial charge in [0.25, 0.3) is 0 Å². The highest BCUT2D eigenvalue weighted by Gasteiger charge is 2.18. The maximum atomic E-state index is 11.9. The number of hydrogen-bond acceptors (Lipinski definition) is 3. The number of halogens is 1. The van der Waals surface area contributed by atoms with Crippen molar-refractivity contribution in [3.05, 3.63) is 30.1 Å². The summed E-state index contributed by atoms with van der Waals surface area (Å²) in [7, 11) is -1.67. The molecule has 1 aromatic heterocycles. The van der Waals surface area contributed by atoms with Gasteiger partial charge in [-0.1, -0.05) is 0 Å². The normalized spacial score (nSPS) is 13.9. The maximum Gasteiger partial charge on any atom is 0.214 e. The molecule has 17 heavy (non-hydrogen) atoms. The predicted molar refractivity (Wildman–Crippen MR) is 69.7 cm³/mol. The molecule has 0 spiro atoms. The highest BCUT2D eigenvalue weighted by atomic mass is 35.5. The molecule has 0 aliphatic heterocycles. The van der Waals surface area contributed by atoms with Gasteiger partial charge in [0.1, 0.15) is 0 Å². The van der Waals surface area contributed by atoms with Crippen LogP contribution >= 0.6 is 11.6 Å². The standard InChI is InChI=1S/C11H17ClN2O2S/c1-10(12)9-14(2)17(15,16)8-5-11-3-6-13-7-4-11/h3-4,6-7,10H,5,8-9H2,1-2H3. The summed E-state index contributed by atoms with van der Waals surface area (Å²) in [5, 5.41) is -0.185. The van der Waals surface area contributed by atoms with Crippen LogP contribution in [0.2, 0.25) is 0 Å². The number of pyridine rings is 1. The number of hydrogen-bond donors (Lipinski definition) is 0. The monoisotopic (exact) mass is 276 g/mol. The van der Waals surface area contributed by atoms with E-state index in [1.54, 1.807) is 26.4 Å². The van der Waals surface area contributed by atoms with Gasteiger partial charge in [-0.3, -0.25) is 4.98 Å². The second-order valence-electron chi connectivity index (χ2n) is 3.98. The topological polar surface area (TPSA) is 50.3 Å². The molecule has 0 radical (unpaired) electrons. The van der Waals surface area contributed by atoms with E-state index in [2.05, 4.69) is 4.98 Å². The Hall–Kier alpha value is -0.650. The largest absolute Gasteiger partial charge is 0.265 e. The van der Waals surface area contributed by atoms with Crippen LogP contribution in [0, 0.1) is 0 Å². The fraction of sp³-hybridized carbons (Fsp3) is 0.545. The van der Waals surface area contributed by atoms with Gasteiger partial charge in [-0.25, -0.2) is 12.7 Å². The van der Waals surface area contributed by atoms with Crippen LogP contribution in [-0.4, -0.2) is 42.4 Å². The summed E-state index contributed by atoms with van der Waals surface area (Å²) in [4.78, 5) is 3.89. The van der Waals surface area contributed by atoms with Gasteiger partial charge in [0, 0.05) is 31.4 Å². The summed E-state index contributed by atoms with van der Waals surface area (Å²) < 4.78 is 25.1. The number of alkyl halides is 1. The van der Waals surface area contributed by atoms with Crippen molar-refractivity contribution < 1.29 is 8.42 Å². The van der Waals surface area contributed by atoms with Gasteiger partial charge < -0.3 is 0 Å². The molecule has 0 saturated heterocycles. The molecule has 0 saturated carbocycles. The van der Waals surface area contributed by atoms with Crippen molar-refractivity contribution in [3.8, 4) is 0 Å². The molecule has 1 atom stereocenters. The van der Waals surface area contributed by atoms with Gasteiger partial charge in [0.15, 0.2) is 0 Å². The zero-order chi connectivity index (χ0) is 12.9. The number of nitrogens with zero attached hydrogens (tertiary/aromatic N) is 2. The number of sulfonamides is 1. The first-order valence-electron chi connectivity index (χ1n) is 5.39. The zero-order valence-electron chi connectivity index (χ0n) is 10.0. The van der Waals surface area contributed by atoms with Gasteiger partial charge in [0.05, 0.1) is 5.75 Å². The third-order valence-corrected chi connectivity index (χ3v) is 4.34. The second-order valence-corrected chi connectivity index (χ2v) is 6.92. The fourth-order valence-corrected chi connectivity index (χ4v) is 2.96. The summed E-state index contributed by atoms with van der Waals surface area (Å²) in [6.45, 7) is 2.11. The van der Waals surface area contributed by atoms with E-state index in [1.807, 2.05) is 12.1 Å². The molecule has 0 amide bonds. The Labute approximate surface area is 108 Å². The summed E-state index contributed by atoms with van der Waals surface area (Å²) in [5.41, 5.74) is 0.968. The Morgan fingerprint density at radius 2 is 2.00 bits per heavy atom. The van der Waals surface area contributed by atoms with E-state index in [9.17, 15) is 8.42 Å². The Morgan fingerprint density at radius 1 is 1.41 bits per heavy atom. The lowest BCUT2D eigenvalue weighted by atomic mass is 10.2. The van der Waals surface area contributed by atoms with Crippen LogP contribution in [0.3, 0.4) is 0 Å². The average Bonchev–Trinajstić information content (AvgIpc) is 2.27. The molecule has 0 fully saturated rings. The van der Waals surface area contributed by atoms with E-state index in [0.29, 0.717) is 13.0 Å². The van der Waals surface area contributed by atoms with E-state index < -0.39 is 10.0 Å². The van der Waals surface area contributed by atoms with Crippen molar-refractivity contribution >= 4 is 21.6 Å². The highest BCUT2D eigenvalue weighted by Crippen LogP contribution is 2.06. The molecular weight excluding hydrogens is 260 g/mol. The lowest BCUT2D eigenvalue weighted by Gasteiger charge is -2.18. The molecule has 1 heterocycles. The number of aryl methyl sites for hydroxylation is 1. The highest BCUT2D eigenvalue weighted by molar-refractivity contribution is 7.89. The van der Waals surface area contributed by atoms with Crippen LogP contribution in [0.4, 0.5) is 0 Å². The lowest BCUT2D eigenvalue weighted by Crippen LogP contribution is -2.33. The molecule has 1 unspecified atom stereocenters. The molecule has 1 aromatic rings. The van der Waals surface area contributed by atoms with E-state index in [4.69, 9.17) is 11.6 Å². The summed E-state index contributed by atoms with van der Waals surface area (Å²) in [6, 6.07) is 3.64. The van der Waals surface area contributed by atoms with Crippen molar-refractivity contribution in [2.75, 3.05) is 19.3 Å². The summed E-state index contributed by atoms with van der Waals surface area (Å²) in [5.74, 6) is 0.0944. The van der Waals surface area contributed by atoms with Gasteiger partial charge in [-0.05, 0) is 31.0 Å². The molecule has 96 valence electrons. The third-order valence-electron chi connectivity index (χ3n) is 2.38. The van der Waals surface area contributed by atoms with Crippen molar-refractivity contribution in [2.45, 2.75) is 18.7 Å². The molecule has 0 N–H and O–H groups in total. The zero-order valence-corrected chi connectivity index (χ0v) is 11.6. The third kappa shape index (κ3) is 5.02. The molecular formula is C11H17ClN2O2S. The molecule has 0 aliphatic carbocycles. The Bertz CT molecular complexity index is 434. The van der Waals surface area contributed by atoms with E-state index in [-0.39, 0.29) is 11.1 Å². The Kier molecular flexibility index (Phi) is 5.36. The van der Waals surface area contributed by atoms with Crippen molar-refractivity contribution in [1.29, 1.82) is 0 Å². The molecule has 0 aromatic carbocycles. The van der Waals surface area contributed by atoms with Crippen LogP contribution in [0.15, 0.2) is 24.5 Å². The minimum atomic E-state index is -3.23. The lowest BCUT2D eigenvalue weighted by molar-refractivity contribution is 0.470. The van der Waals surface area contributed by atoms with Gasteiger partial charge in [-0.15, -0.1) is 11.6 Å². The number of rotatable bonds is 6. The average molecular weight is 277 g/mol. The molecule has 0 aliphatic rings. The Balaban J connectivity index is 2.56. The molecule has 6 heteroatoms. The molecule has 4 nitrogen and oxygen atoms in total. The van der Waals surface area contributed by atoms with Crippen LogP contribution in [0.25, 0.3) is 0 Å². The first-order valence-corrected chi connectivity index (χ1v) is 7.43. The minimum absolute atomic E-state index is 0.0944. The van der Waals surface area contributed by atoms with Crippen LogP contribution in [-0.2, 0) is 16.4 Å². The SMILES string of the molecule is CC(Cl)CN(C)S(=O)(=O)CCc1ccncc1. The van der Waals surface area contributed by atoms with E-state index in [0.717, 1.165) is 5.56 Å². The molecule has 0 bridgehead atoms. The predicted octanol–water partition coefficient (Wildman–Crippen LogP) is 1.51. The molecule has 1 rings (SSSR count). The van der Waals surface area contributed by atoms with Gasteiger partial charge in [-0.2, -0.15) is 0 Å². The summed E-state index contributed by atoms with van der Waals surface area (Å²) in [6.07, 6.45) is 3.81. The maximum absolute atomic E-state index is 11.9. The van der Waals surface area contributed by atoms with Crippen molar-refractivity contribution in [3.63, 3.8) is 0 Å². The van der Waals surface area contributed by atoms with Crippen LogP contribution in [0.5, 0.6) is 0 Å². The fourth-order valence-electron chi connectivity index (χ4n) is 1.42. The first-order chi connectivity index (χ1) is 7.92. The smallest absolute Gasteiger partial charge is 0.214 e. The summed E-state index contributed by atoms with van der Waals surface area (Å²) >= 11 is 5.78. The van der Waals surface area contributed by atoms with Crippen LogP contribution < -0.4 is 0 Å². The first kappa shape index (κ1) is 14.4. The second kappa shape index (κ2) is 6.33. The van der Waals surface area contributed by atoms with Gasteiger partial charge >= 0.3 is 0 Å². The van der Waals surface area contributed by atoms with Crippen LogP contribution in [0.1, 0.15) is 12.5 Å². The van der Waals surface area contributed by atoms with E-state index >= 15 is 0 Å². The van der Waals surface area contributed by atoms with Gasteiger partial charge in [0.2, 0.25) is 10.0 Å². The number of aromatic nitrogens is 1. The minimum Gasteiger partial charge on any atom is -0.265 e. The van der Waals surface area contributed by atoms with E-state index in [1.165, 1.54) is 4.31 Å². The quantitative estimate of drug-likeness (QED) is 0.740. The van der Waals surface area contributed by atoms with Crippen molar-refractivity contribution in [1.82, 2.24) is 9.29 Å². The van der Waals surface area contributed by atoms with Crippen molar-refractivity contribution in [2.24, 2.45) is 0 Å². The Morgan fingerprint density at radius 3 is 2.53 bits per heavy atom.